The van der Waals surface area contributed by atoms with Gasteiger partial charge < -0.3 is 4.90 Å². The van der Waals surface area contributed by atoms with E-state index in [0.717, 1.165) is 52.1 Å². The zero-order chi connectivity index (χ0) is 16.2. The van der Waals surface area contributed by atoms with Crippen molar-refractivity contribution in [3.63, 3.8) is 0 Å². The average molecular weight is 315 g/mol. The summed E-state index contributed by atoms with van der Waals surface area (Å²) in [5.74, 6) is 0.302. The van der Waals surface area contributed by atoms with Crippen LogP contribution in [0.3, 0.4) is 0 Å². The maximum atomic E-state index is 12.7. The minimum Gasteiger partial charge on any atom is -0.338 e. The van der Waals surface area contributed by atoms with E-state index >= 15 is 0 Å². The van der Waals surface area contributed by atoms with Crippen molar-refractivity contribution in [1.82, 2.24) is 14.7 Å². The Hall–Kier alpha value is -1.39. The van der Waals surface area contributed by atoms with Crippen molar-refractivity contribution in [2.75, 3.05) is 39.3 Å². The Balaban J connectivity index is 1.63. The highest BCUT2D eigenvalue weighted by Gasteiger charge is 2.36. The van der Waals surface area contributed by atoms with Crippen LogP contribution in [0.4, 0.5) is 0 Å². The van der Waals surface area contributed by atoms with Gasteiger partial charge in [-0.2, -0.15) is 0 Å². The van der Waals surface area contributed by atoms with Gasteiger partial charge in [0.25, 0.3) is 0 Å². The van der Waals surface area contributed by atoms with E-state index in [1.807, 2.05) is 0 Å². The number of nitrogens with zero attached hydrogens (tertiary/aromatic N) is 3. The topological polar surface area (TPSA) is 26.8 Å². The van der Waals surface area contributed by atoms with Gasteiger partial charge in [-0.25, -0.2) is 0 Å². The third-order valence-corrected chi connectivity index (χ3v) is 5.07. The third-order valence-electron chi connectivity index (χ3n) is 5.07. The first-order valence-electron chi connectivity index (χ1n) is 9.05. The Bertz CT molecular complexity index is 539. The molecule has 2 aliphatic rings. The molecule has 1 atom stereocenters. The first kappa shape index (κ1) is 16.5. The Morgan fingerprint density at radius 2 is 1.91 bits per heavy atom. The predicted octanol–water partition coefficient (Wildman–Crippen LogP) is 2.51. The van der Waals surface area contributed by atoms with Gasteiger partial charge in [-0.05, 0) is 37.1 Å². The molecule has 0 radical (unpaired) electrons. The van der Waals surface area contributed by atoms with Crippen molar-refractivity contribution in [3.05, 3.63) is 35.4 Å². The van der Waals surface area contributed by atoms with E-state index in [9.17, 15) is 4.79 Å². The molecule has 0 aromatic heterocycles. The molecule has 2 heterocycles. The molecule has 3 rings (SSSR count). The van der Waals surface area contributed by atoms with Gasteiger partial charge in [-0.15, -0.1) is 0 Å². The number of carbonyl (C=O) groups excluding carboxylic acids is 1. The molecule has 1 saturated heterocycles. The van der Waals surface area contributed by atoms with Crippen molar-refractivity contribution >= 4 is 5.91 Å². The zero-order valence-electron chi connectivity index (χ0n) is 14.5. The lowest BCUT2D eigenvalue weighted by Crippen LogP contribution is -2.50. The molecule has 4 nitrogen and oxygen atoms in total. The number of amides is 1. The average Bonchev–Trinajstić information content (AvgIpc) is 2.93. The summed E-state index contributed by atoms with van der Waals surface area (Å²) in [7, 11) is 0. The van der Waals surface area contributed by atoms with Gasteiger partial charge in [0.15, 0.2) is 0 Å². The quantitative estimate of drug-likeness (QED) is 0.807. The smallest absolute Gasteiger partial charge is 0.236 e. The van der Waals surface area contributed by atoms with Crippen LogP contribution in [-0.4, -0.2) is 59.9 Å². The van der Waals surface area contributed by atoms with Crippen molar-refractivity contribution in [2.24, 2.45) is 0 Å². The monoisotopic (exact) mass is 315 g/mol. The standard InChI is InChI=1S/C19H29N3O/c1-3-9-20(10-4-2)15-19(23)22-12-11-21-13-16-7-5-6-8-17(16)18(21)14-22/h5-8,18H,3-4,9-15H2,1-2H3. The highest BCUT2D eigenvalue weighted by molar-refractivity contribution is 5.78. The molecule has 2 aliphatic heterocycles. The van der Waals surface area contributed by atoms with Gasteiger partial charge in [-0.3, -0.25) is 14.6 Å². The number of hydrogen-bond acceptors (Lipinski definition) is 3. The van der Waals surface area contributed by atoms with Crippen LogP contribution < -0.4 is 0 Å². The van der Waals surface area contributed by atoms with Crippen molar-refractivity contribution in [2.45, 2.75) is 39.3 Å². The summed E-state index contributed by atoms with van der Waals surface area (Å²) >= 11 is 0. The Kier molecular flexibility index (Phi) is 5.34. The SMILES string of the molecule is CCCN(CCC)CC(=O)N1CCN2Cc3ccccc3C2C1. The van der Waals surface area contributed by atoms with E-state index in [0.29, 0.717) is 18.5 Å². The maximum absolute atomic E-state index is 12.7. The van der Waals surface area contributed by atoms with Gasteiger partial charge in [0.1, 0.15) is 0 Å². The van der Waals surface area contributed by atoms with E-state index in [1.54, 1.807) is 0 Å². The fraction of sp³-hybridized carbons (Fsp3) is 0.632. The predicted molar refractivity (Wildman–Crippen MR) is 93.2 cm³/mol. The van der Waals surface area contributed by atoms with Crippen molar-refractivity contribution in [3.8, 4) is 0 Å². The number of carbonyl (C=O) groups is 1. The van der Waals surface area contributed by atoms with Crippen LogP contribution >= 0.6 is 0 Å². The highest BCUT2D eigenvalue weighted by atomic mass is 16.2. The number of hydrogen-bond donors (Lipinski definition) is 0. The summed E-state index contributed by atoms with van der Waals surface area (Å²) in [5, 5.41) is 0. The van der Waals surface area contributed by atoms with Crippen LogP contribution in [0.15, 0.2) is 24.3 Å². The van der Waals surface area contributed by atoms with Gasteiger partial charge in [0, 0.05) is 26.2 Å². The van der Waals surface area contributed by atoms with Crippen LogP contribution in [0.25, 0.3) is 0 Å². The highest BCUT2D eigenvalue weighted by Crippen LogP contribution is 2.35. The lowest BCUT2D eigenvalue weighted by Gasteiger charge is -2.38. The van der Waals surface area contributed by atoms with Crippen LogP contribution in [0.5, 0.6) is 0 Å². The van der Waals surface area contributed by atoms with E-state index in [4.69, 9.17) is 0 Å². The van der Waals surface area contributed by atoms with Crippen molar-refractivity contribution < 1.29 is 4.79 Å². The summed E-state index contributed by atoms with van der Waals surface area (Å²) in [5.41, 5.74) is 2.86. The van der Waals surface area contributed by atoms with Crippen LogP contribution in [0, 0.1) is 0 Å². The molecule has 0 spiro atoms. The molecule has 1 aromatic rings. The molecule has 23 heavy (non-hydrogen) atoms. The molecule has 0 N–H and O–H groups in total. The number of piperazine rings is 1. The minimum atomic E-state index is 0.302. The second-order valence-corrected chi connectivity index (χ2v) is 6.80. The number of rotatable bonds is 6. The largest absolute Gasteiger partial charge is 0.338 e. The normalized spacial score (nSPS) is 20.7. The Morgan fingerprint density at radius 1 is 1.17 bits per heavy atom. The molecule has 1 amide bonds. The molecule has 126 valence electrons. The molecule has 1 fully saturated rings. The molecule has 0 saturated carbocycles. The molecular weight excluding hydrogens is 286 g/mol. The van der Waals surface area contributed by atoms with Crippen LogP contribution in [-0.2, 0) is 11.3 Å². The lowest BCUT2D eigenvalue weighted by atomic mass is 10.0. The molecular formula is C19H29N3O. The Labute approximate surface area is 140 Å². The summed E-state index contributed by atoms with van der Waals surface area (Å²) in [6.07, 6.45) is 2.22. The molecule has 1 aromatic carbocycles. The molecule has 1 unspecified atom stereocenters. The summed E-state index contributed by atoms with van der Waals surface area (Å²) < 4.78 is 0. The second-order valence-electron chi connectivity index (χ2n) is 6.80. The van der Waals surface area contributed by atoms with Gasteiger partial charge in [0.05, 0.1) is 12.6 Å². The van der Waals surface area contributed by atoms with E-state index in [2.05, 4.69) is 52.8 Å². The summed E-state index contributed by atoms with van der Waals surface area (Å²) in [6.45, 7) is 10.7. The molecule has 0 bridgehead atoms. The summed E-state index contributed by atoms with van der Waals surface area (Å²) in [4.78, 5) is 19.6. The van der Waals surface area contributed by atoms with Gasteiger partial charge in [0.2, 0.25) is 5.91 Å². The first-order chi connectivity index (χ1) is 11.2. The minimum absolute atomic E-state index is 0.302. The van der Waals surface area contributed by atoms with Crippen LogP contribution in [0.1, 0.15) is 43.9 Å². The van der Waals surface area contributed by atoms with Crippen molar-refractivity contribution in [1.29, 1.82) is 0 Å². The van der Waals surface area contributed by atoms with E-state index < -0.39 is 0 Å². The molecule has 4 heteroatoms. The number of benzene rings is 1. The molecule has 0 aliphatic carbocycles. The van der Waals surface area contributed by atoms with Gasteiger partial charge >= 0.3 is 0 Å². The van der Waals surface area contributed by atoms with Crippen LogP contribution in [0.2, 0.25) is 0 Å². The Morgan fingerprint density at radius 3 is 2.65 bits per heavy atom. The van der Waals surface area contributed by atoms with E-state index in [-0.39, 0.29) is 0 Å². The lowest BCUT2D eigenvalue weighted by molar-refractivity contribution is -0.135. The third kappa shape index (κ3) is 3.59. The summed E-state index contributed by atoms with van der Waals surface area (Å²) in [6, 6.07) is 9.09. The second kappa shape index (κ2) is 7.45. The van der Waals surface area contributed by atoms with E-state index in [1.165, 1.54) is 11.1 Å². The van der Waals surface area contributed by atoms with Gasteiger partial charge in [-0.1, -0.05) is 38.1 Å². The first-order valence-corrected chi connectivity index (χ1v) is 9.05. The fourth-order valence-corrected chi connectivity index (χ4v) is 3.95. The zero-order valence-corrected chi connectivity index (χ0v) is 14.5. The fourth-order valence-electron chi connectivity index (χ4n) is 3.95. The number of fused-ring (bicyclic) bond motifs is 3. The maximum Gasteiger partial charge on any atom is 0.236 e.